The Bertz CT molecular complexity index is 1050. The van der Waals surface area contributed by atoms with Crippen molar-refractivity contribution < 1.29 is 9.66 Å². The molecule has 0 bridgehead atoms. The Labute approximate surface area is 179 Å². The molecule has 0 saturated heterocycles. The summed E-state index contributed by atoms with van der Waals surface area (Å²) in [7, 11) is 0. The standard InChI is InChI=1S/C22H22N6O3/c29-28(30)20-21(23-15-24-22(20)31-19-9-5-2-6-10-19)25-16-11-13-18(14-12-16)27-26-17-7-3-1-4-8-17/h1,3-4,7-8,11-15,19H,2,5-6,9-10H2,(H,23,24,25). The lowest BCUT2D eigenvalue weighted by Crippen LogP contribution is -2.21. The molecule has 158 valence electrons. The van der Waals surface area contributed by atoms with E-state index < -0.39 is 4.92 Å². The molecule has 0 radical (unpaired) electrons. The maximum atomic E-state index is 11.7. The largest absolute Gasteiger partial charge is 0.469 e. The van der Waals surface area contributed by atoms with Crippen LogP contribution in [0.1, 0.15) is 32.1 Å². The van der Waals surface area contributed by atoms with Crippen LogP contribution in [0.5, 0.6) is 5.88 Å². The molecule has 2 aromatic carbocycles. The lowest BCUT2D eigenvalue weighted by molar-refractivity contribution is -0.385. The summed E-state index contributed by atoms with van der Waals surface area (Å²) in [5, 5.41) is 23.1. The minimum atomic E-state index is -0.511. The number of nitro groups is 1. The maximum absolute atomic E-state index is 11.7. The van der Waals surface area contributed by atoms with Gasteiger partial charge in [-0.05, 0) is 62.1 Å². The Hall–Kier alpha value is -3.88. The Morgan fingerprint density at radius 2 is 1.61 bits per heavy atom. The minimum Gasteiger partial charge on any atom is -0.469 e. The van der Waals surface area contributed by atoms with E-state index in [-0.39, 0.29) is 23.5 Å². The van der Waals surface area contributed by atoms with E-state index in [1.165, 1.54) is 12.7 Å². The number of rotatable bonds is 7. The monoisotopic (exact) mass is 418 g/mol. The number of hydrogen-bond donors (Lipinski definition) is 1. The zero-order valence-corrected chi connectivity index (χ0v) is 16.8. The van der Waals surface area contributed by atoms with Crippen LogP contribution < -0.4 is 10.1 Å². The summed E-state index contributed by atoms with van der Waals surface area (Å²) in [6, 6.07) is 16.5. The van der Waals surface area contributed by atoms with Gasteiger partial charge in [-0.3, -0.25) is 10.1 Å². The van der Waals surface area contributed by atoms with Gasteiger partial charge in [-0.1, -0.05) is 24.6 Å². The first-order valence-corrected chi connectivity index (χ1v) is 10.2. The number of nitrogens with one attached hydrogen (secondary N) is 1. The number of benzene rings is 2. The highest BCUT2D eigenvalue weighted by molar-refractivity contribution is 5.69. The quantitative estimate of drug-likeness (QED) is 0.275. The van der Waals surface area contributed by atoms with Crippen LogP contribution in [0.25, 0.3) is 0 Å². The van der Waals surface area contributed by atoms with Gasteiger partial charge in [-0.2, -0.15) is 15.2 Å². The minimum absolute atomic E-state index is 0.00248. The molecule has 9 heteroatoms. The second-order valence-electron chi connectivity index (χ2n) is 7.22. The summed E-state index contributed by atoms with van der Waals surface area (Å²) in [4.78, 5) is 19.3. The van der Waals surface area contributed by atoms with Crippen LogP contribution in [0.4, 0.5) is 28.6 Å². The number of nitrogens with zero attached hydrogens (tertiary/aromatic N) is 5. The smallest absolute Gasteiger partial charge is 0.373 e. The number of hydrogen-bond acceptors (Lipinski definition) is 8. The van der Waals surface area contributed by atoms with E-state index in [1.54, 1.807) is 24.3 Å². The Balaban J connectivity index is 1.50. The summed E-state index contributed by atoms with van der Waals surface area (Å²) in [5.74, 6) is 0.0900. The van der Waals surface area contributed by atoms with Crippen molar-refractivity contribution in [2.45, 2.75) is 38.2 Å². The van der Waals surface area contributed by atoms with Gasteiger partial charge in [0.25, 0.3) is 5.88 Å². The second kappa shape index (κ2) is 9.75. The molecule has 1 N–H and O–H groups in total. The van der Waals surface area contributed by atoms with E-state index in [9.17, 15) is 10.1 Å². The van der Waals surface area contributed by atoms with Crippen molar-refractivity contribution in [3.63, 3.8) is 0 Å². The van der Waals surface area contributed by atoms with Gasteiger partial charge >= 0.3 is 5.69 Å². The number of ether oxygens (including phenoxy) is 1. The summed E-state index contributed by atoms with van der Waals surface area (Å²) in [6.45, 7) is 0. The van der Waals surface area contributed by atoms with E-state index in [4.69, 9.17) is 4.74 Å². The van der Waals surface area contributed by atoms with Crippen LogP contribution in [0.15, 0.2) is 71.2 Å². The van der Waals surface area contributed by atoms with Crippen molar-refractivity contribution in [1.82, 2.24) is 9.97 Å². The van der Waals surface area contributed by atoms with Crippen molar-refractivity contribution in [1.29, 1.82) is 0 Å². The molecule has 0 aliphatic heterocycles. The van der Waals surface area contributed by atoms with E-state index in [1.807, 2.05) is 30.3 Å². The SMILES string of the molecule is O=[N+]([O-])c1c(Nc2ccc(N=Nc3ccccc3)cc2)ncnc1OC1CCCCC1. The van der Waals surface area contributed by atoms with Crippen LogP contribution in [0.2, 0.25) is 0 Å². The summed E-state index contributed by atoms with van der Waals surface area (Å²) in [6.07, 6.45) is 6.26. The van der Waals surface area contributed by atoms with Crippen LogP contribution in [0.3, 0.4) is 0 Å². The molecule has 31 heavy (non-hydrogen) atoms. The highest BCUT2D eigenvalue weighted by atomic mass is 16.6. The van der Waals surface area contributed by atoms with E-state index in [0.29, 0.717) is 11.4 Å². The molecule has 4 rings (SSSR count). The molecule has 0 amide bonds. The first-order chi connectivity index (χ1) is 15.2. The molecular formula is C22H22N6O3. The molecule has 1 saturated carbocycles. The Morgan fingerprint density at radius 1 is 0.935 bits per heavy atom. The van der Waals surface area contributed by atoms with Gasteiger partial charge in [0.2, 0.25) is 5.82 Å². The van der Waals surface area contributed by atoms with Crippen LogP contribution in [-0.4, -0.2) is 21.0 Å². The van der Waals surface area contributed by atoms with Crippen molar-refractivity contribution in [2.24, 2.45) is 10.2 Å². The van der Waals surface area contributed by atoms with Crippen LogP contribution in [0, 0.1) is 10.1 Å². The number of aromatic nitrogens is 2. The van der Waals surface area contributed by atoms with Crippen molar-refractivity contribution in [3.05, 3.63) is 71.0 Å². The average Bonchev–Trinajstić information content (AvgIpc) is 2.80. The fraction of sp³-hybridized carbons (Fsp3) is 0.273. The second-order valence-corrected chi connectivity index (χ2v) is 7.22. The molecule has 1 aliphatic carbocycles. The van der Waals surface area contributed by atoms with Gasteiger partial charge < -0.3 is 10.1 Å². The van der Waals surface area contributed by atoms with Gasteiger partial charge in [0, 0.05) is 5.69 Å². The van der Waals surface area contributed by atoms with Crippen molar-refractivity contribution in [3.8, 4) is 5.88 Å². The highest BCUT2D eigenvalue weighted by Crippen LogP contribution is 2.35. The molecule has 0 atom stereocenters. The number of anilines is 2. The first-order valence-electron chi connectivity index (χ1n) is 10.2. The average molecular weight is 418 g/mol. The molecule has 0 spiro atoms. The van der Waals surface area contributed by atoms with Crippen molar-refractivity contribution >= 4 is 28.6 Å². The van der Waals surface area contributed by atoms with Crippen molar-refractivity contribution in [2.75, 3.05) is 5.32 Å². The maximum Gasteiger partial charge on any atom is 0.373 e. The van der Waals surface area contributed by atoms with Crippen LogP contribution >= 0.6 is 0 Å². The molecule has 1 heterocycles. The molecule has 0 unspecified atom stereocenters. The van der Waals surface area contributed by atoms with Gasteiger partial charge in [-0.25, -0.2) is 4.98 Å². The Morgan fingerprint density at radius 3 is 2.29 bits per heavy atom. The van der Waals surface area contributed by atoms with E-state index in [0.717, 1.165) is 31.4 Å². The lowest BCUT2D eigenvalue weighted by Gasteiger charge is -2.22. The summed E-state index contributed by atoms with van der Waals surface area (Å²) >= 11 is 0. The molecule has 3 aromatic rings. The predicted molar refractivity (Wildman–Crippen MR) is 117 cm³/mol. The third-order valence-corrected chi connectivity index (χ3v) is 4.97. The lowest BCUT2D eigenvalue weighted by atomic mass is 9.98. The molecule has 1 aliphatic rings. The van der Waals surface area contributed by atoms with E-state index >= 15 is 0 Å². The van der Waals surface area contributed by atoms with Gasteiger partial charge in [-0.15, -0.1) is 0 Å². The van der Waals surface area contributed by atoms with Gasteiger partial charge in [0.05, 0.1) is 16.3 Å². The zero-order chi connectivity index (χ0) is 21.5. The predicted octanol–water partition coefficient (Wildman–Crippen LogP) is 6.26. The third kappa shape index (κ3) is 5.39. The van der Waals surface area contributed by atoms with Gasteiger partial charge in [0.1, 0.15) is 12.4 Å². The van der Waals surface area contributed by atoms with Gasteiger partial charge in [0.15, 0.2) is 0 Å². The van der Waals surface area contributed by atoms with E-state index in [2.05, 4.69) is 25.5 Å². The summed E-state index contributed by atoms with van der Waals surface area (Å²) < 4.78 is 5.86. The molecule has 9 nitrogen and oxygen atoms in total. The fourth-order valence-corrected chi connectivity index (χ4v) is 3.40. The fourth-order valence-electron chi connectivity index (χ4n) is 3.40. The Kier molecular flexibility index (Phi) is 6.41. The normalized spacial score (nSPS) is 14.5. The molecule has 1 aromatic heterocycles. The highest BCUT2D eigenvalue weighted by Gasteiger charge is 2.27. The number of azo groups is 1. The molecule has 1 fully saturated rings. The molecular weight excluding hydrogens is 396 g/mol. The zero-order valence-electron chi connectivity index (χ0n) is 16.8. The summed E-state index contributed by atoms with van der Waals surface area (Å²) in [5.41, 5.74) is 1.78. The third-order valence-electron chi connectivity index (χ3n) is 4.97. The van der Waals surface area contributed by atoms with Crippen LogP contribution in [-0.2, 0) is 0 Å². The topological polar surface area (TPSA) is 115 Å². The first kappa shape index (κ1) is 20.4.